The minimum atomic E-state index is -0.174. The summed E-state index contributed by atoms with van der Waals surface area (Å²) < 4.78 is 14.0. The molecule has 2 nitrogen and oxygen atoms in total. The number of benzene rings is 1. The largest absolute Gasteiger partial charge is 0.370 e. The van der Waals surface area contributed by atoms with Crippen molar-refractivity contribution < 1.29 is 4.39 Å². The highest BCUT2D eigenvalue weighted by atomic mass is 32.1. The lowest BCUT2D eigenvalue weighted by molar-refractivity contribution is 0.595. The molecule has 0 saturated carbocycles. The Hall–Kier alpha value is -1.39. The number of nitrogens with two attached hydrogens (primary N) is 1. The molecule has 0 spiro atoms. The Labute approximate surface area is 117 Å². The van der Waals surface area contributed by atoms with Gasteiger partial charge in [0.25, 0.3) is 0 Å². The Bertz CT molecular complexity index is 523. The predicted octanol–water partition coefficient (Wildman–Crippen LogP) is 3.41. The van der Waals surface area contributed by atoms with Crippen LogP contribution in [0.1, 0.15) is 18.1 Å². The van der Waals surface area contributed by atoms with E-state index in [1.165, 1.54) is 11.6 Å². The minimum absolute atomic E-state index is 0.0507. The van der Waals surface area contributed by atoms with Crippen LogP contribution in [-0.4, -0.2) is 13.1 Å². The van der Waals surface area contributed by atoms with Gasteiger partial charge in [0.05, 0.1) is 0 Å². The molecule has 0 aliphatic heterocycles. The summed E-state index contributed by atoms with van der Waals surface area (Å²) in [6, 6.07) is 7.24. The van der Waals surface area contributed by atoms with Crippen LogP contribution in [0.15, 0.2) is 35.0 Å². The van der Waals surface area contributed by atoms with E-state index in [0.29, 0.717) is 12.0 Å². The molecular formula is C15H19FN2S. The first-order valence-corrected chi connectivity index (χ1v) is 7.27. The molecule has 1 aromatic heterocycles. The van der Waals surface area contributed by atoms with Gasteiger partial charge in [0, 0.05) is 30.9 Å². The third-order valence-corrected chi connectivity index (χ3v) is 3.76. The van der Waals surface area contributed by atoms with E-state index >= 15 is 0 Å². The van der Waals surface area contributed by atoms with E-state index in [0.717, 1.165) is 12.2 Å². The second kappa shape index (κ2) is 6.17. The van der Waals surface area contributed by atoms with E-state index in [9.17, 15) is 4.39 Å². The van der Waals surface area contributed by atoms with E-state index in [1.54, 1.807) is 17.4 Å². The molecule has 0 bridgehead atoms. The predicted molar refractivity (Wildman–Crippen MR) is 80.2 cm³/mol. The van der Waals surface area contributed by atoms with Crippen LogP contribution in [0, 0.1) is 5.82 Å². The van der Waals surface area contributed by atoms with Gasteiger partial charge < -0.3 is 10.6 Å². The minimum Gasteiger partial charge on any atom is -0.370 e. The summed E-state index contributed by atoms with van der Waals surface area (Å²) in [5.74, 6) is -0.174. The van der Waals surface area contributed by atoms with Crippen LogP contribution >= 0.6 is 11.3 Å². The second-order valence-electron chi connectivity index (χ2n) is 4.91. The van der Waals surface area contributed by atoms with E-state index in [4.69, 9.17) is 5.73 Å². The smallest absolute Gasteiger partial charge is 0.128 e. The van der Waals surface area contributed by atoms with Crippen molar-refractivity contribution in [2.75, 3.05) is 11.9 Å². The first-order chi connectivity index (χ1) is 9.08. The van der Waals surface area contributed by atoms with Gasteiger partial charge in [-0.2, -0.15) is 11.3 Å². The maximum atomic E-state index is 14.0. The molecule has 102 valence electrons. The van der Waals surface area contributed by atoms with Crippen molar-refractivity contribution in [3.63, 3.8) is 0 Å². The van der Waals surface area contributed by atoms with Gasteiger partial charge in [-0.3, -0.25) is 0 Å². The van der Waals surface area contributed by atoms with Gasteiger partial charge in [-0.25, -0.2) is 4.39 Å². The SMILES string of the molecule is CC(N)Cc1c(F)cccc1N(C)Cc1ccsc1. The summed E-state index contributed by atoms with van der Waals surface area (Å²) in [5.41, 5.74) is 8.68. The molecule has 2 N–H and O–H groups in total. The van der Waals surface area contributed by atoms with Crippen molar-refractivity contribution in [1.82, 2.24) is 0 Å². The van der Waals surface area contributed by atoms with Gasteiger partial charge in [0.15, 0.2) is 0 Å². The Balaban J connectivity index is 2.25. The van der Waals surface area contributed by atoms with Gasteiger partial charge in [-0.15, -0.1) is 0 Å². The first-order valence-electron chi connectivity index (χ1n) is 6.33. The first kappa shape index (κ1) is 14.0. The number of thiophene rings is 1. The molecule has 0 fully saturated rings. The van der Waals surface area contributed by atoms with Gasteiger partial charge >= 0.3 is 0 Å². The summed E-state index contributed by atoms with van der Waals surface area (Å²) in [6.45, 7) is 2.67. The maximum Gasteiger partial charge on any atom is 0.128 e. The number of rotatable bonds is 5. The fourth-order valence-corrected chi connectivity index (χ4v) is 2.83. The Morgan fingerprint density at radius 3 is 2.79 bits per heavy atom. The molecule has 0 aliphatic carbocycles. The Morgan fingerprint density at radius 2 is 2.16 bits per heavy atom. The molecule has 2 rings (SSSR count). The van der Waals surface area contributed by atoms with Crippen LogP contribution < -0.4 is 10.6 Å². The van der Waals surface area contributed by atoms with Crippen molar-refractivity contribution in [2.24, 2.45) is 5.73 Å². The van der Waals surface area contributed by atoms with Crippen molar-refractivity contribution in [3.05, 3.63) is 52.0 Å². The van der Waals surface area contributed by atoms with Crippen molar-refractivity contribution in [3.8, 4) is 0 Å². The zero-order chi connectivity index (χ0) is 13.8. The molecule has 0 amide bonds. The van der Waals surface area contributed by atoms with Crippen molar-refractivity contribution >= 4 is 17.0 Å². The highest BCUT2D eigenvalue weighted by Gasteiger charge is 2.13. The molecule has 1 aromatic carbocycles. The van der Waals surface area contributed by atoms with E-state index < -0.39 is 0 Å². The summed E-state index contributed by atoms with van der Waals surface area (Å²) in [4.78, 5) is 2.07. The second-order valence-corrected chi connectivity index (χ2v) is 5.69. The molecule has 0 aliphatic rings. The van der Waals surface area contributed by atoms with Gasteiger partial charge in [0.1, 0.15) is 5.82 Å². The highest BCUT2D eigenvalue weighted by molar-refractivity contribution is 7.07. The molecule has 1 heterocycles. The van der Waals surface area contributed by atoms with Gasteiger partial charge in [0.2, 0.25) is 0 Å². The average Bonchev–Trinajstić information content (AvgIpc) is 2.84. The van der Waals surface area contributed by atoms with Crippen LogP contribution in [0.4, 0.5) is 10.1 Å². The summed E-state index contributed by atoms with van der Waals surface area (Å²) in [5, 5.41) is 4.17. The van der Waals surface area contributed by atoms with E-state index in [-0.39, 0.29) is 11.9 Å². The molecule has 0 radical (unpaired) electrons. The number of halogens is 1. The molecular weight excluding hydrogens is 259 g/mol. The lowest BCUT2D eigenvalue weighted by atomic mass is 10.0. The van der Waals surface area contributed by atoms with Crippen LogP contribution in [0.5, 0.6) is 0 Å². The number of anilines is 1. The zero-order valence-corrected chi connectivity index (χ0v) is 12.1. The maximum absolute atomic E-state index is 14.0. The topological polar surface area (TPSA) is 29.3 Å². The standard InChI is InChI=1S/C15H19FN2S/c1-11(17)8-13-14(16)4-3-5-15(13)18(2)9-12-6-7-19-10-12/h3-7,10-11H,8-9,17H2,1-2H3. The number of nitrogens with zero attached hydrogens (tertiary/aromatic N) is 1. The summed E-state index contributed by atoms with van der Waals surface area (Å²) in [6.07, 6.45) is 0.552. The highest BCUT2D eigenvalue weighted by Crippen LogP contribution is 2.25. The lowest BCUT2D eigenvalue weighted by Crippen LogP contribution is -2.23. The molecule has 1 atom stereocenters. The van der Waals surface area contributed by atoms with Crippen LogP contribution in [-0.2, 0) is 13.0 Å². The summed E-state index contributed by atoms with van der Waals surface area (Å²) in [7, 11) is 1.98. The van der Waals surface area contributed by atoms with Crippen molar-refractivity contribution in [2.45, 2.75) is 25.9 Å². The third kappa shape index (κ3) is 3.55. The molecule has 19 heavy (non-hydrogen) atoms. The van der Waals surface area contributed by atoms with Gasteiger partial charge in [-0.1, -0.05) is 6.07 Å². The van der Waals surface area contributed by atoms with E-state index in [2.05, 4.69) is 21.7 Å². The Morgan fingerprint density at radius 1 is 1.37 bits per heavy atom. The monoisotopic (exact) mass is 278 g/mol. The van der Waals surface area contributed by atoms with Crippen LogP contribution in [0.25, 0.3) is 0 Å². The molecule has 4 heteroatoms. The molecule has 1 unspecified atom stereocenters. The van der Waals surface area contributed by atoms with Crippen LogP contribution in [0.2, 0.25) is 0 Å². The average molecular weight is 278 g/mol. The van der Waals surface area contributed by atoms with Crippen LogP contribution in [0.3, 0.4) is 0 Å². The fraction of sp³-hybridized carbons (Fsp3) is 0.333. The normalized spacial score (nSPS) is 12.4. The Kier molecular flexibility index (Phi) is 4.56. The quantitative estimate of drug-likeness (QED) is 0.908. The zero-order valence-electron chi connectivity index (χ0n) is 11.3. The number of hydrogen-bond acceptors (Lipinski definition) is 3. The summed E-state index contributed by atoms with van der Waals surface area (Å²) >= 11 is 1.67. The number of hydrogen-bond donors (Lipinski definition) is 1. The molecule has 2 aromatic rings. The van der Waals surface area contributed by atoms with Crippen molar-refractivity contribution in [1.29, 1.82) is 0 Å². The van der Waals surface area contributed by atoms with E-state index in [1.807, 2.05) is 20.0 Å². The molecule has 0 saturated heterocycles. The lowest BCUT2D eigenvalue weighted by Gasteiger charge is -2.23. The fourth-order valence-electron chi connectivity index (χ4n) is 2.17. The van der Waals surface area contributed by atoms with Gasteiger partial charge in [-0.05, 0) is 47.9 Å². The third-order valence-electron chi connectivity index (χ3n) is 3.03.